The minimum Gasteiger partial charge on any atom is -0.443 e. The highest BCUT2D eigenvalue weighted by Crippen LogP contribution is 2.31. The summed E-state index contributed by atoms with van der Waals surface area (Å²) in [5.41, 5.74) is 2.37. The average Bonchev–Trinajstić information content (AvgIpc) is 2.70. The molecular formula is C12H10N2O2. The van der Waals surface area contributed by atoms with Gasteiger partial charge < -0.3 is 9.15 Å². The lowest BCUT2D eigenvalue weighted by molar-refractivity contribution is -0.0765. The Labute approximate surface area is 92.5 Å². The van der Waals surface area contributed by atoms with Crippen LogP contribution in [-0.4, -0.2) is 18.2 Å². The van der Waals surface area contributed by atoms with E-state index < -0.39 is 0 Å². The lowest BCUT2D eigenvalue weighted by atomic mass is 9.81. The van der Waals surface area contributed by atoms with Gasteiger partial charge in [0.25, 0.3) is 0 Å². The second-order valence-corrected chi connectivity index (χ2v) is 4.22. The van der Waals surface area contributed by atoms with Crippen LogP contribution in [0.15, 0.2) is 29.0 Å². The molecule has 0 amide bonds. The Morgan fingerprint density at radius 3 is 3.00 bits per heavy atom. The van der Waals surface area contributed by atoms with Crippen LogP contribution in [0.5, 0.6) is 0 Å². The van der Waals surface area contributed by atoms with Gasteiger partial charge in [-0.1, -0.05) is 6.07 Å². The highest BCUT2D eigenvalue weighted by atomic mass is 16.5. The predicted octanol–water partition coefficient (Wildman–Crippen LogP) is 1.91. The molecule has 16 heavy (non-hydrogen) atoms. The minimum absolute atomic E-state index is 0.340. The van der Waals surface area contributed by atoms with Gasteiger partial charge in [-0.05, 0) is 24.1 Å². The lowest BCUT2D eigenvalue weighted by Crippen LogP contribution is -2.43. The summed E-state index contributed by atoms with van der Waals surface area (Å²) in [6.45, 7) is 1.05. The van der Waals surface area contributed by atoms with Crippen LogP contribution >= 0.6 is 0 Å². The summed E-state index contributed by atoms with van der Waals surface area (Å²) in [6, 6.07) is 8.18. The van der Waals surface area contributed by atoms with Gasteiger partial charge in [-0.15, -0.1) is 0 Å². The molecule has 1 aliphatic heterocycles. The van der Waals surface area contributed by atoms with E-state index in [2.05, 4.69) is 11.1 Å². The highest BCUT2D eigenvalue weighted by Gasteiger charge is 2.39. The largest absolute Gasteiger partial charge is 0.443 e. The molecule has 0 unspecified atom stereocenters. The summed E-state index contributed by atoms with van der Waals surface area (Å²) in [7, 11) is 0. The van der Waals surface area contributed by atoms with E-state index in [9.17, 15) is 0 Å². The van der Waals surface area contributed by atoms with Crippen molar-refractivity contribution in [1.29, 1.82) is 5.26 Å². The monoisotopic (exact) mass is 214 g/mol. The zero-order chi connectivity index (χ0) is 11.0. The van der Waals surface area contributed by atoms with Crippen molar-refractivity contribution in [2.45, 2.75) is 6.42 Å². The van der Waals surface area contributed by atoms with Crippen molar-refractivity contribution in [3.05, 3.63) is 30.2 Å². The zero-order valence-corrected chi connectivity index (χ0v) is 8.64. The van der Waals surface area contributed by atoms with Crippen LogP contribution in [0.2, 0.25) is 0 Å². The molecule has 0 saturated carbocycles. The van der Waals surface area contributed by atoms with E-state index in [1.54, 1.807) is 0 Å². The first-order chi connectivity index (χ1) is 7.81. The van der Waals surface area contributed by atoms with Crippen molar-refractivity contribution in [1.82, 2.24) is 4.98 Å². The van der Waals surface area contributed by atoms with Gasteiger partial charge in [-0.3, -0.25) is 0 Å². The molecule has 0 bridgehead atoms. The molecule has 80 valence electrons. The van der Waals surface area contributed by atoms with Crippen molar-refractivity contribution >= 4 is 11.1 Å². The Morgan fingerprint density at radius 1 is 1.44 bits per heavy atom. The van der Waals surface area contributed by atoms with E-state index in [1.165, 1.54) is 6.39 Å². The second-order valence-electron chi connectivity index (χ2n) is 4.22. The Morgan fingerprint density at radius 2 is 2.31 bits per heavy atom. The van der Waals surface area contributed by atoms with Crippen LogP contribution in [-0.2, 0) is 11.2 Å². The quantitative estimate of drug-likeness (QED) is 0.766. The minimum atomic E-state index is -0.340. The molecular weight excluding hydrogens is 204 g/mol. The van der Waals surface area contributed by atoms with Gasteiger partial charge in [0.15, 0.2) is 12.0 Å². The van der Waals surface area contributed by atoms with Crippen molar-refractivity contribution in [3.63, 3.8) is 0 Å². The number of hydrogen-bond donors (Lipinski definition) is 0. The maximum Gasteiger partial charge on any atom is 0.181 e. The van der Waals surface area contributed by atoms with Crippen LogP contribution in [0.25, 0.3) is 11.1 Å². The molecule has 1 saturated heterocycles. The van der Waals surface area contributed by atoms with Crippen molar-refractivity contribution in [2.24, 2.45) is 5.41 Å². The third-order valence-electron chi connectivity index (χ3n) is 2.93. The molecule has 0 aliphatic carbocycles. The number of ether oxygens (including phenoxy) is 1. The number of fused-ring (bicyclic) bond motifs is 1. The first kappa shape index (κ1) is 9.37. The van der Waals surface area contributed by atoms with E-state index >= 15 is 0 Å². The molecule has 4 nitrogen and oxygen atoms in total. The van der Waals surface area contributed by atoms with E-state index in [0.717, 1.165) is 16.7 Å². The molecule has 0 atom stereocenters. The molecule has 0 N–H and O–H groups in total. The van der Waals surface area contributed by atoms with E-state index in [-0.39, 0.29) is 5.41 Å². The van der Waals surface area contributed by atoms with Crippen molar-refractivity contribution in [2.75, 3.05) is 13.2 Å². The van der Waals surface area contributed by atoms with Crippen LogP contribution in [0.3, 0.4) is 0 Å². The molecule has 1 aromatic carbocycles. The van der Waals surface area contributed by atoms with Gasteiger partial charge in [-0.25, -0.2) is 4.98 Å². The fourth-order valence-electron chi connectivity index (χ4n) is 1.95. The number of hydrogen-bond acceptors (Lipinski definition) is 4. The molecule has 0 radical (unpaired) electrons. The molecule has 0 spiro atoms. The van der Waals surface area contributed by atoms with Gasteiger partial charge >= 0.3 is 0 Å². The average molecular weight is 214 g/mol. The van der Waals surface area contributed by atoms with Crippen molar-refractivity contribution in [3.8, 4) is 6.07 Å². The van der Waals surface area contributed by atoms with Crippen LogP contribution in [0.1, 0.15) is 5.56 Å². The lowest BCUT2D eigenvalue weighted by Gasteiger charge is -2.34. The van der Waals surface area contributed by atoms with E-state index in [4.69, 9.17) is 14.4 Å². The summed E-state index contributed by atoms with van der Waals surface area (Å²) in [4.78, 5) is 4.05. The SMILES string of the molecule is N#CC1(Cc2ccc3ncoc3c2)COC1. The number of benzene rings is 1. The van der Waals surface area contributed by atoms with Gasteiger partial charge in [0, 0.05) is 0 Å². The Bertz CT molecular complexity index is 564. The maximum atomic E-state index is 9.11. The van der Waals surface area contributed by atoms with E-state index in [1.807, 2.05) is 18.2 Å². The normalized spacial score (nSPS) is 17.9. The number of rotatable bonds is 2. The summed E-state index contributed by atoms with van der Waals surface area (Å²) in [5, 5.41) is 9.11. The summed E-state index contributed by atoms with van der Waals surface area (Å²) >= 11 is 0. The Hall–Kier alpha value is -1.86. The standard InChI is InChI=1S/C12H10N2O2/c13-5-12(6-15-7-12)4-9-1-2-10-11(3-9)16-8-14-10/h1-3,8H,4,6-7H2. The molecule has 1 fully saturated rings. The third kappa shape index (κ3) is 1.37. The summed E-state index contributed by atoms with van der Waals surface area (Å²) < 4.78 is 10.3. The van der Waals surface area contributed by atoms with Gasteiger partial charge in [0.05, 0.1) is 19.3 Å². The number of aromatic nitrogens is 1. The molecule has 1 aromatic heterocycles. The fourth-order valence-corrected chi connectivity index (χ4v) is 1.95. The molecule has 1 aliphatic rings. The second kappa shape index (κ2) is 3.32. The molecule has 3 rings (SSSR count). The van der Waals surface area contributed by atoms with Crippen molar-refractivity contribution < 1.29 is 9.15 Å². The first-order valence-corrected chi connectivity index (χ1v) is 5.12. The first-order valence-electron chi connectivity index (χ1n) is 5.12. The van der Waals surface area contributed by atoms with Gasteiger partial charge in [-0.2, -0.15) is 5.26 Å². The number of nitriles is 1. The Balaban J connectivity index is 1.92. The van der Waals surface area contributed by atoms with Crippen LogP contribution in [0, 0.1) is 16.7 Å². The summed E-state index contributed by atoms with van der Waals surface area (Å²) in [5.74, 6) is 0. The van der Waals surface area contributed by atoms with E-state index in [0.29, 0.717) is 19.6 Å². The number of nitrogens with zero attached hydrogens (tertiary/aromatic N) is 2. The van der Waals surface area contributed by atoms with Crippen LogP contribution in [0.4, 0.5) is 0 Å². The maximum absolute atomic E-state index is 9.11. The third-order valence-corrected chi connectivity index (χ3v) is 2.93. The van der Waals surface area contributed by atoms with Crippen LogP contribution < -0.4 is 0 Å². The zero-order valence-electron chi connectivity index (χ0n) is 8.64. The Kier molecular flexibility index (Phi) is 1.95. The fraction of sp³-hybridized carbons (Fsp3) is 0.333. The number of oxazole rings is 1. The summed E-state index contributed by atoms with van der Waals surface area (Å²) in [6.07, 6.45) is 2.14. The molecule has 4 heteroatoms. The molecule has 2 heterocycles. The smallest absolute Gasteiger partial charge is 0.181 e. The van der Waals surface area contributed by atoms with Gasteiger partial charge in [0.2, 0.25) is 0 Å². The highest BCUT2D eigenvalue weighted by molar-refractivity contribution is 5.72. The van der Waals surface area contributed by atoms with Gasteiger partial charge in [0.1, 0.15) is 10.9 Å². The predicted molar refractivity (Wildman–Crippen MR) is 56.6 cm³/mol. The molecule has 2 aromatic rings. The topological polar surface area (TPSA) is 59.0 Å².